The molecule has 0 unspecified atom stereocenters. The number of rotatable bonds is 20. The van der Waals surface area contributed by atoms with E-state index in [9.17, 15) is 25.4 Å². The zero-order valence-electron chi connectivity index (χ0n) is 35.6. The maximum Gasteiger partial charge on any atom is 0.323 e. The van der Waals surface area contributed by atoms with Gasteiger partial charge in [-0.3, -0.25) is 25.1 Å². The molecule has 0 aliphatic heterocycles. The van der Waals surface area contributed by atoms with E-state index in [0.29, 0.717) is 50.3 Å². The number of hydrogen-bond acceptors (Lipinski definition) is 12. The molecule has 0 fully saturated rings. The van der Waals surface area contributed by atoms with Crippen LogP contribution < -0.4 is 24.3 Å². The SMILES string of the molecule is CN=Cc1cncc(COc2cc(OCc3cccc(-c4cccc(COc5cc(OCc6cncc(C#N)c6)c(CN[C@H](C(=O)O)[C@@H](C)O)cc5Cl)c4C)c3C)c(Cl)cc2CO)c1. The molecule has 13 nitrogen and oxygen atoms in total. The first kappa shape index (κ1) is 47.0. The predicted molar refractivity (Wildman–Crippen MR) is 244 cm³/mol. The number of aliphatic hydroxyl groups is 2. The highest BCUT2D eigenvalue weighted by molar-refractivity contribution is 6.32. The lowest BCUT2D eigenvalue weighted by atomic mass is 9.92. The Balaban J connectivity index is 1.19. The summed E-state index contributed by atoms with van der Waals surface area (Å²) in [6.07, 6.45) is 7.01. The zero-order chi connectivity index (χ0) is 45.8. The van der Waals surface area contributed by atoms with Crippen LogP contribution in [0.1, 0.15) is 62.6 Å². The molecule has 0 spiro atoms. The third-order valence-electron chi connectivity index (χ3n) is 10.4. The molecular formula is C49H47Cl2N5O8. The summed E-state index contributed by atoms with van der Waals surface area (Å²) in [6, 6.07) is 23.0. The van der Waals surface area contributed by atoms with E-state index < -0.39 is 18.1 Å². The Morgan fingerprint density at radius 1 is 0.766 bits per heavy atom. The van der Waals surface area contributed by atoms with Crippen molar-refractivity contribution < 1.29 is 39.1 Å². The molecule has 0 aliphatic carbocycles. The zero-order valence-corrected chi connectivity index (χ0v) is 37.2. The first-order valence-electron chi connectivity index (χ1n) is 20.2. The largest absolute Gasteiger partial charge is 0.488 e. The molecule has 2 heterocycles. The van der Waals surface area contributed by atoms with Crippen molar-refractivity contribution >= 4 is 35.4 Å². The van der Waals surface area contributed by atoms with Crippen LogP contribution in [0.2, 0.25) is 10.0 Å². The van der Waals surface area contributed by atoms with Crippen LogP contribution in [-0.4, -0.2) is 56.7 Å². The van der Waals surface area contributed by atoms with Crippen molar-refractivity contribution in [2.75, 3.05) is 7.05 Å². The Kier molecular flexibility index (Phi) is 16.3. The fourth-order valence-electron chi connectivity index (χ4n) is 6.92. The highest BCUT2D eigenvalue weighted by Crippen LogP contribution is 2.37. The third-order valence-corrected chi connectivity index (χ3v) is 11.0. The number of carboxylic acid groups (broad SMARTS) is 1. The van der Waals surface area contributed by atoms with E-state index in [1.165, 1.54) is 13.1 Å². The number of aliphatic hydroxyl groups excluding tert-OH is 2. The fourth-order valence-corrected chi connectivity index (χ4v) is 7.40. The van der Waals surface area contributed by atoms with Gasteiger partial charge in [0.15, 0.2) is 0 Å². The number of nitrogens with zero attached hydrogens (tertiary/aromatic N) is 4. The molecule has 4 N–H and O–H groups in total. The van der Waals surface area contributed by atoms with Crippen molar-refractivity contribution in [2.24, 2.45) is 4.99 Å². The second-order valence-corrected chi connectivity index (χ2v) is 15.7. The summed E-state index contributed by atoms with van der Waals surface area (Å²) in [4.78, 5) is 24.2. The van der Waals surface area contributed by atoms with Gasteiger partial charge in [0.05, 0.1) is 28.3 Å². The smallest absolute Gasteiger partial charge is 0.323 e. The van der Waals surface area contributed by atoms with Crippen molar-refractivity contribution in [3.8, 4) is 40.2 Å². The van der Waals surface area contributed by atoms with Crippen molar-refractivity contribution in [1.29, 1.82) is 5.26 Å². The van der Waals surface area contributed by atoms with E-state index in [2.05, 4.69) is 38.5 Å². The number of aliphatic carboxylic acids is 1. The van der Waals surface area contributed by atoms with Crippen molar-refractivity contribution in [3.63, 3.8) is 0 Å². The normalized spacial score (nSPS) is 12.1. The Morgan fingerprint density at radius 2 is 1.30 bits per heavy atom. The summed E-state index contributed by atoms with van der Waals surface area (Å²) in [7, 11) is 1.69. The predicted octanol–water partition coefficient (Wildman–Crippen LogP) is 8.72. The number of benzene rings is 4. The van der Waals surface area contributed by atoms with E-state index in [0.717, 1.165) is 44.5 Å². The minimum absolute atomic E-state index is 0.0141. The van der Waals surface area contributed by atoms with Crippen molar-refractivity contribution in [3.05, 3.63) is 163 Å². The molecule has 0 saturated carbocycles. The summed E-state index contributed by atoms with van der Waals surface area (Å²) >= 11 is 13.4. The molecule has 0 saturated heterocycles. The maximum absolute atomic E-state index is 11.8. The van der Waals surface area contributed by atoms with E-state index in [4.69, 9.17) is 42.1 Å². The van der Waals surface area contributed by atoms with Gasteiger partial charge in [-0.2, -0.15) is 5.26 Å². The number of halogens is 2. The number of nitriles is 1. The molecule has 0 radical (unpaired) electrons. The van der Waals surface area contributed by atoms with E-state index in [1.807, 2.05) is 44.2 Å². The standard InChI is InChI=1S/C49H47Cl2N5O8/c1-29-36(27-63-46-15-44(61-25-34-11-32(17-52)19-54-21-34)38(13-42(46)50)23-56-48(31(3)58)49(59)60)7-5-9-40(29)41-10-6-8-37(30(41)2)28-64-47-16-45(39(24-57)14-43(47)51)62-26-35-12-33(18-53-4)20-55-22-35/h5-16,18-22,31,48,56-58H,23-28H2,1-4H3,(H,59,60)/t31-,48+/m1/s1. The Morgan fingerprint density at radius 3 is 1.83 bits per heavy atom. The third kappa shape index (κ3) is 11.9. The van der Waals surface area contributed by atoms with Crippen LogP contribution in [0.4, 0.5) is 0 Å². The molecule has 330 valence electrons. The van der Waals surface area contributed by atoms with Gasteiger partial charge in [0, 0.05) is 84.5 Å². The Hall–Kier alpha value is -6.53. The van der Waals surface area contributed by atoms with Gasteiger partial charge in [-0.05, 0) is 78.4 Å². The lowest BCUT2D eigenvalue weighted by molar-refractivity contribution is -0.142. The number of nitrogens with one attached hydrogen (secondary N) is 1. The van der Waals surface area contributed by atoms with E-state index in [-0.39, 0.29) is 44.6 Å². The van der Waals surface area contributed by atoms with Crippen LogP contribution in [0.3, 0.4) is 0 Å². The van der Waals surface area contributed by atoms with Gasteiger partial charge in [0.2, 0.25) is 0 Å². The number of aliphatic imine (C=N–C) groups is 1. The lowest BCUT2D eigenvalue weighted by Gasteiger charge is -2.20. The summed E-state index contributed by atoms with van der Waals surface area (Å²) in [5.41, 5.74) is 9.62. The van der Waals surface area contributed by atoms with Gasteiger partial charge in [0.25, 0.3) is 0 Å². The minimum atomic E-state index is -1.23. The minimum Gasteiger partial charge on any atom is -0.488 e. The van der Waals surface area contributed by atoms with E-state index >= 15 is 0 Å². The van der Waals surface area contributed by atoms with Gasteiger partial charge < -0.3 is 34.3 Å². The topological polar surface area (TPSA) is 189 Å². The molecule has 6 rings (SSSR count). The Labute approximate surface area is 381 Å². The van der Waals surface area contributed by atoms with Gasteiger partial charge in [-0.25, -0.2) is 0 Å². The van der Waals surface area contributed by atoms with E-state index in [1.54, 1.807) is 62.2 Å². The van der Waals surface area contributed by atoms with Crippen LogP contribution in [0.15, 0.2) is 103 Å². The lowest BCUT2D eigenvalue weighted by Crippen LogP contribution is -2.44. The number of pyridine rings is 2. The van der Waals surface area contributed by atoms with Gasteiger partial charge >= 0.3 is 5.97 Å². The molecule has 2 atom stereocenters. The van der Waals surface area contributed by atoms with Crippen LogP contribution in [0.25, 0.3) is 11.1 Å². The summed E-state index contributed by atoms with van der Waals surface area (Å²) < 4.78 is 24.9. The fraction of sp³-hybridized carbons (Fsp3) is 0.245. The molecule has 0 amide bonds. The highest BCUT2D eigenvalue weighted by Gasteiger charge is 2.24. The molecule has 15 heteroatoms. The monoisotopic (exact) mass is 903 g/mol. The second kappa shape index (κ2) is 22.2. The average Bonchev–Trinajstić information content (AvgIpc) is 3.28. The summed E-state index contributed by atoms with van der Waals surface area (Å²) in [5, 5.41) is 42.5. The maximum atomic E-state index is 11.8. The average molecular weight is 905 g/mol. The summed E-state index contributed by atoms with van der Waals surface area (Å²) in [6.45, 7) is 5.85. The number of hydrogen-bond donors (Lipinski definition) is 4. The molecule has 64 heavy (non-hydrogen) atoms. The summed E-state index contributed by atoms with van der Waals surface area (Å²) in [5.74, 6) is 0.337. The van der Waals surface area contributed by atoms with Crippen LogP contribution in [0, 0.1) is 25.2 Å². The molecular weight excluding hydrogens is 857 g/mol. The van der Waals surface area contributed by atoms with Crippen molar-refractivity contribution in [1.82, 2.24) is 15.3 Å². The first-order valence-corrected chi connectivity index (χ1v) is 20.9. The van der Waals surface area contributed by atoms with Crippen LogP contribution >= 0.6 is 23.2 Å². The molecule has 6 aromatic rings. The van der Waals surface area contributed by atoms with Crippen molar-refractivity contribution in [2.45, 2.75) is 72.5 Å². The number of ether oxygens (including phenoxy) is 4. The molecule has 2 aromatic heterocycles. The van der Waals surface area contributed by atoms with Gasteiger partial charge in [-0.1, -0.05) is 59.6 Å². The van der Waals surface area contributed by atoms with Crippen LogP contribution in [-0.2, 0) is 44.4 Å². The Bertz CT molecular complexity index is 2690. The molecule has 4 aromatic carbocycles. The quantitative estimate of drug-likeness (QED) is 0.0535. The van der Waals surface area contributed by atoms with Gasteiger partial charge in [0.1, 0.15) is 61.5 Å². The molecule has 0 aliphatic rings. The first-order chi connectivity index (χ1) is 30.9. The number of aromatic nitrogens is 2. The van der Waals surface area contributed by atoms with Gasteiger partial charge in [-0.15, -0.1) is 0 Å². The molecule has 0 bridgehead atoms. The van der Waals surface area contributed by atoms with Crippen LogP contribution in [0.5, 0.6) is 23.0 Å². The number of carbonyl (C=O) groups is 1. The highest BCUT2D eigenvalue weighted by atomic mass is 35.5. The number of carboxylic acids is 1. The second-order valence-electron chi connectivity index (χ2n) is 14.9.